The number of aromatic amines is 1. The molecule has 1 N–H and O–H groups in total. The number of ether oxygens (including phenoxy) is 1. The molecule has 1 aromatic heterocycles. The summed E-state index contributed by atoms with van der Waals surface area (Å²) in [5, 5.41) is 8.70. The molecule has 0 bridgehead atoms. The number of aromatic nitrogens is 1. The van der Waals surface area contributed by atoms with Gasteiger partial charge in [0.05, 0.1) is 0 Å². The molecule has 0 radical (unpaired) electrons. The van der Waals surface area contributed by atoms with Crippen LogP contribution in [0.25, 0.3) is 0 Å². The van der Waals surface area contributed by atoms with Gasteiger partial charge >= 0.3 is 101 Å². The molecule has 1 aromatic rings. The number of esters is 1. The third-order valence-electron chi connectivity index (χ3n) is 2.31. The van der Waals surface area contributed by atoms with Gasteiger partial charge in [0, 0.05) is 0 Å². The van der Waals surface area contributed by atoms with Crippen molar-refractivity contribution in [2.75, 3.05) is 6.61 Å². The summed E-state index contributed by atoms with van der Waals surface area (Å²) in [7, 11) is 0. The van der Waals surface area contributed by atoms with Gasteiger partial charge in [-0.2, -0.15) is 0 Å². The fraction of sp³-hybridized carbons (Fsp3) is 0.455. The minimum absolute atomic E-state index is 0.265. The molecule has 0 spiro atoms. The topological polar surface area (TPSA) is 65.9 Å². The molecule has 5 heteroatoms. The molecule has 1 heterocycles. The molecule has 0 saturated heterocycles. The van der Waals surface area contributed by atoms with Gasteiger partial charge in [0.2, 0.25) is 0 Å². The average Bonchev–Trinajstić information content (AvgIpc) is 2.57. The second-order valence-corrected chi connectivity index (χ2v) is 4.87. The van der Waals surface area contributed by atoms with Crippen LogP contribution in [0.5, 0.6) is 0 Å². The van der Waals surface area contributed by atoms with E-state index in [9.17, 15) is 4.79 Å². The number of nitrogens with one attached hydrogen (secondary N) is 1. The third kappa shape index (κ3) is 2.46. The van der Waals surface area contributed by atoms with Crippen molar-refractivity contribution in [2.24, 2.45) is 0 Å². The Morgan fingerprint density at radius 1 is 1.56 bits per heavy atom. The van der Waals surface area contributed by atoms with Crippen LogP contribution in [0.4, 0.5) is 0 Å². The van der Waals surface area contributed by atoms with E-state index in [1.54, 1.807) is 6.92 Å². The second kappa shape index (κ2) is 5.74. The van der Waals surface area contributed by atoms with Crippen molar-refractivity contribution >= 4 is 25.5 Å². The molecule has 0 unspecified atom stereocenters. The van der Waals surface area contributed by atoms with Crippen LogP contribution < -0.4 is 4.59 Å². The van der Waals surface area contributed by atoms with Crippen molar-refractivity contribution in [1.29, 1.82) is 5.26 Å². The standard InChI is InChI=1S/C11H14N2O2Se/c1-4-8-7(3)10(16-6-12)13-9(8)11(14)15-5-2/h13H,4-5H2,1-3H3. The third-order valence-corrected chi connectivity index (χ3v) is 3.79. The van der Waals surface area contributed by atoms with Gasteiger partial charge in [-0.3, -0.25) is 0 Å². The average molecular weight is 285 g/mol. The van der Waals surface area contributed by atoms with Gasteiger partial charge in [-0.1, -0.05) is 0 Å². The molecular weight excluding hydrogens is 271 g/mol. The van der Waals surface area contributed by atoms with E-state index in [2.05, 4.69) is 9.95 Å². The van der Waals surface area contributed by atoms with Crippen molar-refractivity contribution in [1.82, 2.24) is 4.98 Å². The summed E-state index contributed by atoms with van der Waals surface area (Å²) in [5.74, 6) is -0.331. The number of H-pyrrole nitrogens is 1. The molecule has 0 fully saturated rings. The molecule has 86 valence electrons. The van der Waals surface area contributed by atoms with Crippen LogP contribution in [0.15, 0.2) is 0 Å². The Hall–Kier alpha value is -1.24. The van der Waals surface area contributed by atoms with Crippen molar-refractivity contribution in [3.8, 4) is 4.97 Å². The molecule has 1 rings (SSSR count). The first-order valence-corrected chi connectivity index (χ1v) is 6.81. The molecule has 0 saturated carbocycles. The van der Waals surface area contributed by atoms with Gasteiger partial charge in [-0.25, -0.2) is 0 Å². The van der Waals surface area contributed by atoms with E-state index in [1.807, 2.05) is 13.8 Å². The monoisotopic (exact) mass is 286 g/mol. The predicted octanol–water partition coefficient (Wildman–Crippen LogP) is 0.873. The van der Waals surface area contributed by atoms with Crippen LogP contribution in [0.2, 0.25) is 0 Å². The van der Waals surface area contributed by atoms with Gasteiger partial charge in [0.1, 0.15) is 0 Å². The molecule has 4 nitrogen and oxygen atoms in total. The van der Waals surface area contributed by atoms with Gasteiger partial charge < -0.3 is 0 Å². The van der Waals surface area contributed by atoms with E-state index in [-0.39, 0.29) is 20.9 Å². The Morgan fingerprint density at radius 2 is 2.25 bits per heavy atom. The summed E-state index contributed by atoms with van der Waals surface area (Å²) in [5.41, 5.74) is 2.49. The second-order valence-electron chi connectivity index (χ2n) is 3.20. The molecule has 0 amide bonds. The molecule has 16 heavy (non-hydrogen) atoms. The van der Waals surface area contributed by atoms with Crippen molar-refractivity contribution in [2.45, 2.75) is 27.2 Å². The Balaban J connectivity index is 3.13. The first-order valence-electron chi connectivity index (χ1n) is 5.10. The Bertz CT molecular complexity index is 432. The van der Waals surface area contributed by atoms with Crippen molar-refractivity contribution in [3.63, 3.8) is 0 Å². The van der Waals surface area contributed by atoms with Crippen LogP contribution in [0.1, 0.15) is 35.5 Å². The summed E-state index contributed by atoms with van der Waals surface area (Å²) in [4.78, 5) is 16.8. The predicted molar refractivity (Wildman–Crippen MR) is 61.9 cm³/mol. The van der Waals surface area contributed by atoms with E-state index in [0.717, 1.165) is 22.1 Å². The maximum atomic E-state index is 11.7. The fourth-order valence-corrected chi connectivity index (χ4v) is 2.67. The summed E-state index contributed by atoms with van der Waals surface area (Å²) in [6.45, 7) is 6.06. The number of carbonyl (C=O) groups is 1. The number of hydrogen-bond donors (Lipinski definition) is 1. The quantitative estimate of drug-likeness (QED) is 0.659. The Morgan fingerprint density at radius 3 is 2.75 bits per heavy atom. The molecule has 0 aliphatic carbocycles. The number of nitriles is 1. The summed E-state index contributed by atoms with van der Waals surface area (Å²) in [6, 6.07) is 0. The zero-order chi connectivity index (χ0) is 12.1. The number of nitrogens with zero attached hydrogens (tertiary/aromatic N) is 1. The van der Waals surface area contributed by atoms with Gasteiger partial charge in [0.25, 0.3) is 0 Å². The summed E-state index contributed by atoms with van der Waals surface area (Å²) < 4.78 is 5.84. The fourth-order valence-electron chi connectivity index (χ4n) is 1.57. The zero-order valence-corrected chi connectivity index (χ0v) is 11.3. The number of carbonyl (C=O) groups excluding carboxylic acids is 1. The molecule has 0 atom stereocenters. The molecule has 0 aliphatic heterocycles. The molecular formula is C11H14N2O2Se. The van der Waals surface area contributed by atoms with E-state index < -0.39 is 0 Å². The molecule has 0 aromatic carbocycles. The van der Waals surface area contributed by atoms with E-state index in [0.29, 0.717) is 12.3 Å². The minimum atomic E-state index is -0.331. The van der Waals surface area contributed by atoms with Crippen LogP contribution in [-0.2, 0) is 11.2 Å². The summed E-state index contributed by atoms with van der Waals surface area (Å²) in [6.07, 6.45) is 0.762. The van der Waals surface area contributed by atoms with E-state index in [4.69, 9.17) is 10.00 Å². The van der Waals surface area contributed by atoms with Crippen LogP contribution in [-0.4, -0.2) is 32.5 Å². The van der Waals surface area contributed by atoms with Gasteiger partial charge in [-0.15, -0.1) is 0 Å². The number of rotatable bonds is 4. The first kappa shape index (κ1) is 12.8. The SMILES string of the molecule is CCOC(=O)c1[nH]c([Se]C#N)c(C)c1CC. The van der Waals surface area contributed by atoms with Gasteiger partial charge in [0.15, 0.2) is 0 Å². The van der Waals surface area contributed by atoms with Gasteiger partial charge in [-0.05, 0) is 0 Å². The van der Waals surface area contributed by atoms with E-state index in [1.165, 1.54) is 0 Å². The molecule has 0 aliphatic rings. The van der Waals surface area contributed by atoms with Crippen molar-refractivity contribution in [3.05, 3.63) is 16.8 Å². The Labute approximate surface area is 101 Å². The first-order chi connectivity index (χ1) is 7.65. The summed E-state index contributed by atoms with van der Waals surface area (Å²) >= 11 is -0.265. The van der Waals surface area contributed by atoms with Crippen LogP contribution in [0, 0.1) is 17.2 Å². The van der Waals surface area contributed by atoms with Crippen molar-refractivity contribution < 1.29 is 9.53 Å². The maximum absolute atomic E-state index is 11.7. The van der Waals surface area contributed by atoms with E-state index >= 15 is 0 Å². The normalized spacial score (nSPS) is 9.88. The number of hydrogen-bond acceptors (Lipinski definition) is 3. The van der Waals surface area contributed by atoms with Crippen LogP contribution in [0.3, 0.4) is 0 Å². The van der Waals surface area contributed by atoms with Crippen LogP contribution >= 0.6 is 0 Å². The zero-order valence-electron chi connectivity index (χ0n) is 9.59. The Kier molecular flexibility index (Phi) is 4.60.